The fourth-order valence-corrected chi connectivity index (χ4v) is 4.25. The van der Waals surface area contributed by atoms with Crippen molar-refractivity contribution in [1.29, 1.82) is 0 Å². The smallest absolute Gasteiger partial charge is 0.264 e. The zero-order valence-corrected chi connectivity index (χ0v) is 17.9. The first kappa shape index (κ1) is 21.8. The second-order valence-corrected chi connectivity index (χ2v) is 8.20. The van der Waals surface area contributed by atoms with Crippen LogP contribution in [0.5, 0.6) is 5.75 Å². The quantitative estimate of drug-likeness (QED) is 0.674. The third-order valence-electron chi connectivity index (χ3n) is 5.14. The molecular weight excluding hydrogens is 402 g/mol. The van der Waals surface area contributed by atoms with Crippen LogP contribution < -0.4 is 15.4 Å². The third kappa shape index (κ3) is 6.06. The molecule has 0 spiro atoms. The summed E-state index contributed by atoms with van der Waals surface area (Å²) in [4.78, 5) is 39.9. The minimum Gasteiger partial charge on any atom is -0.497 e. The van der Waals surface area contributed by atoms with Gasteiger partial charge in [0.25, 0.3) is 5.91 Å². The molecule has 3 amide bonds. The Hall–Kier alpha value is -2.87. The summed E-state index contributed by atoms with van der Waals surface area (Å²) in [5, 5.41) is 7.21. The van der Waals surface area contributed by atoms with Crippen molar-refractivity contribution in [1.82, 2.24) is 10.2 Å². The Morgan fingerprint density at radius 1 is 1.07 bits per heavy atom. The number of nitrogens with one attached hydrogen (secondary N) is 2. The summed E-state index contributed by atoms with van der Waals surface area (Å²) in [6, 6.07) is 10.6. The van der Waals surface area contributed by atoms with E-state index in [4.69, 9.17) is 4.74 Å². The molecule has 1 heterocycles. The molecule has 1 aliphatic rings. The SMILES string of the molecule is COc1ccc(NC(=O)CNC(=O)CN(C(=O)c2cccs2)C2CCCCC2)cc1. The van der Waals surface area contributed by atoms with E-state index < -0.39 is 0 Å². The first-order valence-electron chi connectivity index (χ1n) is 10.1. The monoisotopic (exact) mass is 429 g/mol. The number of nitrogens with zero attached hydrogens (tertiary/aromatic N) is 1. The van der Waals surface area contributed by atoms with Gasteiger partial charge >= 0.3 is 0 Å². The lowest BCUT2D eigenvalue weighted by Crippen LogP contribution is -2.48. The second-order valence-electron chi connectivity index (χ2n) is 7.26. The van der Waals surface area contributed by atoms with Gasteiger partial charge in [-0.15, -0.1) is 11.3 Å². The molecule has 0 atom stereocenters. The highest BCUT2D eigenvalue weighted by molar-refractivity contribution is 7.12. The summed E-state index contributed by atoms with van der Waals surface area (Å²) < 4.78 is 5.08. The lowest BCUT2D eigenvalue weighted by Gasteiger charge is -2.33. The van der Waals surface area contributed by atoms with E-state index in [2.05, 4.69) is 10.6 Å². The molecule has 1 fully saturated rings. The zero-order valence-electron chi connectivity index (χ0n) is 17.1. The van der Waals surface area contributed by atoms with Crippen molar-refractivity contribution in [3.8, 4) is 5.75 Å². The van der Waals surface area contributed by atoms with Crippen molar-refractivity contribution in [2.75, 3.05) is 25.5 Å². The lowest BCUT2D eigenvalue weighted by atomic mass is 9.94. The maximum atomic E-state index is 12.9. The summed E-state index contributed by atoms with van der Waals surface area (Å²) in [6.45, 7) is -0.201. The van der Waals surface area contributed by atoms with Gasteiger partial charge in [-0.25, -0.2) is 0 Å². The molecule has 8 heteroatoms. The highest BCUT2D eigenvalue weighted by Gasteiger charge is 2.28. The lowest BCUT2D eigenvalue weighted by molar-refractivity contribution is -0.125. The number of rotatable bonds is 8. The van der Waals surface area contributed by atoms with Crippen LogP contribution in [0.2, 0.25) is 0 Å². The van der Waals surface area contributed by atoms with E-state index in [1.54, 1.807) is 42.3 Å². The summed E-state index contributed by atoms with van der Waals surface area (Å²) >= 11 is 1.38. The molecular formula is C22H27N3O4S. The number of hydrogen-bond acceptors (Lipinski definition) is 5. The predicted molar refractivity (Wildman–Crippen MR) is 117 cm³/mol. The topological polar surface area (TPSA) is 87.7 Å². The first-order chi connectivity index (χ1) is 14.6. The molecule has 0 unspecified atom stereocenters. The van der Waals surface area contributed by atoms with E-state index >= 15 is 0 Å². The molecule has 0 saturated heterocycles. The average Bonchev–Trinajstić information content (AvgIpc) is 3.32. The van der Waals surface area contributed by atoms with E-state index in [-0.39, 0.29) is 36.9 Å². The van der Waals surface area contributed by atoms with Crippen LogP contribution in [0.1, 0.15) is 41.8 Å². The van der Waals surface area contributed by atoms with Gasteiger partial charge in [0.15, 0.2) is 0 Å². The third-order valence-corrected chi connectivity index (χ3v) is 6.00. The van der Waals surface area contributed by atoms with Crippen LogP contribution in [-0.2, 0) is 9.59 Å². The van der Waals surface area contributed by atoms with Gasteiger partial charge in [-0.1, -0.05) is 25.3 Å². The number of benzene rings is 1. The number of amides is 3. The number of thiophene rings is 1. The van der Waals surface area contributed by atoms with Gasteiger partial charge in [0, 0.05) is 11.7 Å². The van der Waals surface area contributed by atoms with Crippen LogP contribution in [0.4, 0.5) is 5.69 Å². The molecule has 0 radical (unpaired) electrons. The molecule has 2 aromatic rings. The van der Waals surface area contributed by atoms with Gasteiger partial charge in [0.1, 0.15) is 12.3 Å². The Morgan fingerprint density at radius 2 is 1.80 bits per heavy atom. The van der Waals surface area contributed by atoms with Crippen LogP contribution in [-0.4, -0.2) is 48.9 Å². The number of methoxy groups -OCH3 is 1. The fraction of sp³-hybridized carbons (Fsp3) is 0.409. The molecule has 1 aliphatic carbocycles. The Kier molecular flexibility index (Phi) is 7.84. The Morgan fingerprint density at radius 3 is 2.43 bits per heavy atom. The molecule has 1 saturated carbocycles. The van der Waals surface area contributed by atoms with Gasteiger partial charge in [-0.2, -0.15) is 0 Å². The number of carbonyl (C=O) groups is 3. The summed E-state index contributed by atoms with van der Waals surface area (Å²) in [7, 11) is 1.57. The highest BCUT2D eigenvalue weighted by atomic mass is 32.1. The molecule has 160 valence electrons. The largest absolute Gasteiger partial charge is 0.497 e. The molecule has 30 heavy (non-hydrogen) atoms. The van der Waals surface area contributed by atoms with Crippen molar-refractivity contribution in [2.45, 2.75) is 38.1 Å². The molecule has 3 rings (SSSR count). The van der Waals surface area contributed by atoms with Gasteiger partial charge in [0.2, 0.25) is 11.8 Å². The molecule has 0 aliphatic heterocycles. The average molecular weight is 430 g/mol. The minimum atomic E-state index is -0.338. The molecule has 2 N–H and O–H groups in total. The van der Waals surface area contributed by atoms with Crippen molar-refractivity contribution in [3.63, 3.8) is 0 Å². The van der Waals surface area contributed by atoms with Crippen molar-refractivity contribution in [2.24, 2.45) is 0 Å². The molecule has 0 bridgehead atoms. The van der Waals surface area contributed by atoms with Crippen LogP contribution in [0, 0.1) is 0 Å². The molecule has 7 nitrogen and oxygen atoms in total. The molecule has 1 aromatic heterocycles. The minimum absolute atomic E-state index is 0.0444. The normalized spacial score (nSPS) is 14.0. The van der Waals surface area contributed by atoms with E-state index in [1.165, 1.54) is 11.3 Å². The van der Waals surface area contributed by atoms with Gasteiger partial charge in [-0.05, 0) is 48.6 Å². The van der Waals surface area contributed by atoms with Crippen LogP contribution in [0.15, 0.2) is 41.8 Å². The summed E-state index contributed by atoms with van der Waals surface area (Å²) in [5.41, 5.74) is 0.617. The van der Waals surface area contributed by atoms with Crippen LogP contribution in [0.25, 0.3) is 0 Å². The Labute approximate surface area is 180 Å². The number of anilines is 1. The maximum absolute atomic E-state index is 12.9. The van der Waals surface area contributed by atoms with E-state index in [9.17, 15) is 14.4 Å². The number of ether oxygens (including phenoxy) is 1. The maximum Gasteiger partial charge on any atom is 0.264 e. The van der Waals surface area contributed by atoms with Crippen LogP contribution >= 0.6 is 11.3 Å². The van der Waals surface area contributed by atoms with Gasteiger partial charge in [0.05, 0.1) is 18.5 Å². The Bertz CT molecular complexity index is 846. The van der Waals surface area contributed by atoms with Crippen molar-refractivity contribution >= 4 is 34.7 Å². The highest BCUT2D eigenvalue weighted by Crippen LogP contribution is 2.25. The number of carbonyl (C=O) groups excluding carboxylic acids is 3. The van der Waals surface area contributed by atoms with Crippen molar-refractivity contribution < 1.29 is 19.1 Å². The summed E-state index contributed by atoms with van der Waals surface area (Å²) in [5.74, 6) is -0.0908. The predicted octanol–water partition coefficient (Wildman–Crippen LogP) is 3.29. The van der Waals surface area contributed by atoms with Crippen LogP contribution in [0.3, 0.4) is 0 Å². The second kappa shape index (κ2) is 10.8. The van der Waals surface area contributed by atoms with E-state index in [0.717, 1.165) is 32.1 Å². The zero-order chi connectivity index (χ0) is 21.3. The van der Waals surface area contributed by atoms with Gasteiger partial charge in [-0.3, -0.25) is 14.4 Å². The van der Waals surface area contributed by atoms with Gasteiger partial charge < -0.3 is 20.3 Å². The fourth-order valence-electron chi connectivity index (χ4n) is 3.57. The van der Waals surface area contributed by atoms with E-state index in [0.29, 0.717) is 16.3 Å². The summed E-state index contributed by atoms with van der Waals surface area (Å²) in [6.07, 6.45) is 5.09. The number of hydrogen-bond donors (Lipinski definition) is 2. The van der Waals surface area contributed by atoms with Crippen molar-refractivity contribution in [3.05, 3.63) is 46.7 Å². The first-order valence-corrected chi connectivity index (χ1v) is 11.0. The standard InChI is InChI=1S/C22H27N3O4S/c1-29-18-11-9-16(10-12-18)24-20(26)14-23-21(27)15-25(17-6-3-2-4-7-17)22(28)19-8-5-13-30-19/h5,8-13,17H,2-4,6-7,14-15H2,1H3,(H,23,27)(H,24,26). The molecule has 1 aromatic carbocycles. The van der Waals surface area contributed by atoms with E-state index in [1.807, 2.05) is 11.4 Å². The Balaban J connectivity index is 1.54.